The Labute approximate surface area is 122 Å². The molecule has 2 heterocycles. The summed E-state index contributed by atoms with van der Waals surface area (Å²) < 4.78 is 17.9. The third-order valence-electron chi connectivity index (χ3n) is 5.60. The maximum atomic E-state index is 6.15. The molecule has 1 spiro atoms. The van der Waals surface area contributed by atoms with Crippen molar-refractivity contribution in [1.29, 1.82) is 0 Å². The summed E-state index contributed by atoms with van der Waals surface area (Å²) in [6, 6.07) is 0. The van der Waals surface area contributed by atoms with Gasteiger partial charge in [0.2, 0.25) is 0 Å². The molecule has 6 atom stereocenters. The highest BCUT2D eigenvalue weighted by molar-refractivity contribution is 5.20. The Morgan fingerprint density at radius 2 is 2.10 bits per heavy atom. The summed E-state index contributed by atoms with van der Waals surface area (Å²) in [5.41, 5.74) is 1.33. The van der Waals surface area contributed by atoms with Gasteiger partial charge in [0.15, 0.2) is 0 Å². The van der Waals surface area contributed by atoms with Gasteiger partial charge in [0, 0.05) is 13.0 Å². The van der Waals surface area contributed by atoms with Crippen LogP contribution in [0.25, 0.3) is 0 Å². The van der Waals surface area contributed by atoms with Crippen molar-refractivity contribution in [2.45, 2.75) is 70.4 Å². The van der Waals surface area contributed by atoms with Crippen LogP contribution >= 0.6 is 0 Å². The zero-order valence-electron chi connectivity index (χ0n) is 13.4. The highest BCUT2D eigenvalue weighted by atomic mass is 16.6. The van der Waals surface area contributed by atoms with E-state index in [0.717, 1.165) is 19.4 Å². The summed E-state index contributed by atoms with van der Waals surface area (Å²) in [4.78, 5) is 0. The third-order valence-corrected chi connectivity index (χ3v) is 5.60. The molecule has 1 aliphatic carbocycles. The molecule has 0 amide bonds. The first-order chi connectivity index (χ1) is 9.43. The third kappa shape index (κ3) is 2.24. The lowest BCUT2D eigenvalue weighted by molar-refractivity contribution is -0.0776. The molecule has 3 fully saturated rings. The lowest BCUT2D eigenvalue weighted by atomic mass is 9.66. The molecule has 0 N–H and O–H groups in total. The van der Waals surface area contributed by atoms with Gasteiger partial charge >= 0.3 is 0 Å². The molecule has 3 aliphatic rings. The molecule has 1 saturated carbocycles. The minimum Gasteiger partial charge on any atom is -0.381 e. The molecule has 0 aromatic carbocycles. The first-order valence-corrected chi connectivity index (χ1v) is 7.91. The van der Waals surface area contributed by atoms with E-state index in [0.29, 0.717) is 17.9 Å². The van der Waals surface area contributed by atoms with Gasteiger partial charge in [-0.15, -0.1) is 0 Å². The monoisotopic (exact) mass is 280 g/mol. The standard InChI is InChI=1S/C17H28O3/c1-11(2)6-7-13-16(4,20-13)15-14(18-5)12(3)8-9-17(15)10-19-17/h6,12-15H,7-10H2,1-5H3/t12?,13-,14-,15-,16?,17+/m1/s1. The fourth-order valence-corrected chi connectivity index (χ4v) is 4.22. The zero-order valence-corrected chi connectivity index (χ0v) is 13.4. The molecule has 2 aliphatic heterocycles. The maximum Gasteiger partial charge on any atom is 0.100 e. The summed E-state index contributed by atoms with van der Waals surface area (Å²) in [6.07, 6.45) is 6.23. The fourth-order valence-electron chi connectivity index (χ4n) is 4.22. The van der Waals surface area contributed by atoms with Gasteiger partial charge in [0.1, 0.15) is 5.60 Å². The average Bonchev–Trinajstić information content (AvgIpc) is 3.29. The first-order valence-electron chi connectivity index (χ1n) is 7.91. The van der Waals surface area contributed by atoms with Crippen molar-refractivity contribution < 1.29 is 14.2 Å². The van der Waals surface area contributed by atoms with Gasteiger partial charge in [-0.25, -0.2) is 0 Å². The second-order valence-corrected chi connectivity index (χ2v) is 7.35. The maximum absolute atomic E-state index is 6.15. The lowest BCUT2D eigenvalue weighted by Gasteiger charge is -2.42. The molecular formula is C17H28O3. The van der Waals surface area contributed by atoms with Crippen LogP contribution in [0, 0.1) is 11.8 Å². The van der Waals surface area contributed by atoms with Crippen molar-refractivity contribution in [2.24, 2.45) is 11.8 Å². The Kier molecular flexibility index (Phi) is 3.51. The van der Waals surface area contributed by atoms with Gasteiger partial charge in [-0.1, -0.05) is 18.6 Å². The second kappa shape index (κ2) is 4.82. The van der Waals surface area contributed by atoms with E-state index in [9.17, 15) is 0 Å². The molecule has 3 heteroatoms. The first kappa shape index (κ1) is 14.6. The Balaban J connectivity index is 1.78. The van der Waals surface area contributed by atoms with E-state index in [-0.39, 0.29) is 17.3 Å². The molecule has 2 unspecified atom stereocenters. The van der Waals surface area contributed by atoms with Crippen LogP contribution in [0.5, 0.6) is 0 Å². The smallest absolute Gasteiger partial charge is 0.100 e. The van der Waals surface area contributed by atoms with Gasteiger partial charge in [-0.05, 0) is 46.0 Å². The summed E-state index contributed by atoms with van der Waals surface area (Å²) >= 11 is 0. The number of allylic oxidation sites excluding steroid dienone is 1. The van der Waals surface area contributed by atoms with E-state index in [4.69, 9.17) is 14.2 Å². The van der Waals surface area contributed by atoms with Crippen molar-refractivity contribution in [2.75, 3.05) is 13.7 Å². The van der Waals surface area contributed by atoms with Crippen molar-refractivity contribution >= 4 is 0 Å². The normalized spacial score (nSPS) is 50.0. The highest BCUT2D eigenvalue weighted by Crippen LogP contribution is 2.60. The van der Waals surface area contributed by atoms with Crippen LogP contribution in [0.4, 0.5) is 0 Å². The second-order valence-electron chi connectivity index (χ2n) is 7.35. The van der Waals surface area contributed by atoms with Crippen molar-refractivity contribution in [3.8, 4) is 0 Å². The number of methoxy groups -OCH3 is 1. The van der Waals surface area contributed by atoms with Gasteiger partial charge in [-0.2, -0.15) is 0 Å². The molecule has 0 radical (unpaired) electrons. The van der Waals surface area contributed by atoms with Crippen LogP contribution in [-0.4, -0.2) is 37.1 Å². The molecule has 0 bridgehead atoms. The number of hydrogen-bond donors (Lipinski definition) is 0. The van der Waals surface area contributed by atoms with E-state index in [1.54, 1.807) is 0 Å². The molecule has 3 rings (SSSR count). The SMILES string of the molecule is CO[C@@H]1C(C)CC[C@]2(CO2)[C@H]1C1(C)O[C@@H]1CC=C(C)C. The minimum absolute atomic E-state index is 0.0433. The number of ether oxygens (including phenoxy) is 3. The molecule has 0 aromatic rings. The van der Waals surface area contributed by atoms with E-state index in [2.05, 4.69) is 33.8 Å². The molecule has 114 valence electrons. The number of hydrogen-bond acceptors (Lipinski definition) is 3. The van der Waals surface area contributed by atoms with Crippen molar-refractivity contribution in [3.05, 3.63) is 11.6 Å². The topological polar surface area (TPSA) is 34.3 Å². The van der Waals surface area contributed by atoms with Crippen molar-refractivity contribution in [1.82, 2.24) is 0 Å². The number of epoxide rings is 2. The number of rotatable bonds is 4. The van der Waals surface area contributed by atoms with Gasteiger partial charge < -0.3 is 14.2 Å². The molecule has 20 heavy (non-hydrogen) atoms. The summed E-state index contributed by atoms with van der Waals surface area (Å²) in [6.45, 7) is 9.73. The molecule has 2 saturated heterocycles. The quantitative estimate of drug-likeness (QED) is 0.585. The van der Waals surface area contributed by atoms with Gasteiger partial charge in [-0.3, -0.25) is 0 Å². The summed E-state index contributed by atoms with van der Waals surface area (Å²) in [7, 11) is 1.84. The van der Waals surface area contributed by atoms with Crippen LogP contribution in [0.3, 0.4) is 0 Å². The van der Waals surface area contributed by atoms with Crippen LogP contribution in [0.2, 0.25) is 0 Å². The van der Waals surface area contributed by atoms with Gasteiger partial charge in [0.05, 0.1) is 24.4 Å². The van der Waals surface area contributed by atoms with Crippen LogP contribution in [-0.2, 0) is 14.2 Å². The fraction of sp³-hybridized carbons (Fsp3) is 0.882. The van der Waals surface area contributed by atoms with E-state index in [1.165, 1.54) is 12.0 Å². The molecule has 0 aromatic heterocycles. The summed E-state index contributed by atoms with van der Waals surface area (Å²) in [5.74, 6) is 0.962. The largest absolute Gasteiger partial charge is 0.381 e. The molecule has 3 nitrogen and oxygen atoms in total. The Morgan fingerprint density at radius 1 is 1.40 bits per heavy atom. The van der Waals surface area contributed by atoms with E-state index >= 15 is 0 Å². The lowest BCUT2D eigenvalue weighted by Crippen LogP contribution is -2.51. The predicted octanol–water partition coefficient (Wildman–Crippen LogP) is 3.33. The predicted molar refractivity (Wildman–Crippen MR) is 78.7 cm³/mol. The van der Waals surface area contributed by atoms with E-state index in [1.807, 2.05) is 7.11 Å². The van der Waals surface area contributed by atoms with Crippen LogP contribution < -0.4 is 0 Å². The summed E-state index contributed by atoms with van der Waals surface area (Å²) in [5, 5.41) is 0. The van der Waals surface area contributed by atoms with Crippen LogP contribution in [0.15, 0.2) is 11.6 Å². The minimum atomic E-state index is -0.0716. The Bertz CT molecular complexity index is 408. The Morgan fingerprint density at radius 3 is 2.65 bits per heavy atom. The van der Waals surface area contributed by atoms with Crippen molar-refractivity contribution in [3.63, 3.8) is 0 Å². The zero-order chi connectivity index (χ0) is 14.5. The van der Waals surface area contributed by atoms with Gasteiger partial charge in [0.25, 0.3) is 0 Å². The average molecular weight is 280 g/mol. The molecular weight excluding hydrogens is 252 g/mol. The Hall–Kier alpha value is -0.380. The highest BCUT2D eigenvalue weighted by Gasteiger charge is 2.71. The van der Waals surface area contributed by atoms with E-state index < -0.39 is 0 Å². The van der Waals surface area contributed by atoms with Crippen LogP contribution in [0.1, 0.15) is 47.0 Å².